The van der Waals surface area contributed by atoms with Gasteiger partial charge in [-0.15, -0.1) is 0 Å². The molecule has 0 radical (unpaired) electrons. The number of nitrogens with zero attached hydrogens (tertiary/aromatic N) is 2. The van der Waals surface area contributed by atoms with Crippen LogP contribution in [0.4, 0.5) is 11.4 Å². The number of rotatable bonds is 1. The van der Waals surface area contributed by atoms with Crippen LogP contribution in [0.2, 0.25) is 0 Å². The van der Waals surface area contributed by atoms with Gasteiger partial charge in [0.15, 0.2) is 0 Å². The molecule has 5 nitrogen and oxygen atoms in total. The van der Waals surface area contributed by atoms with Gasteiger partial charge in [-0.3, -0.25) is 4.79 Å². The Balaban J connectivity index is 1.96. The molecule has 1 aromatic carbocycles. The van der Waals surface area contributed by atoms with E-state index in [1.165, 1.54) is 0 Å². The van der Waals surface area contributed by atoms with Crippen molar-refractivity contribution in [3.63, 3.8) is 0 Å². The molecule has 3 rings (SSSR count). The molecule has 0 spiro atoms. The first kappa shape index (κ1) is 12.0. The van der Waals surface area contributed by atoms with Crippen LogP contribution < -0.4 is 15.5 Å². The number of amides is 1. The second kappa shape index (κ2) is 4.90. The third kappa shape index (κ3) is 2.15. The van der Waals surface area contributed by atoms with Crippen molar-refractivity contribution in [1.82, 2.24) is 5.32 Å². The highest BCUT2D eigenvalue weighted by molar-refractivity contribution is 6.03. The van der Waals surface area contributed by atoms with Crippen molar-refractivity contribution in [2.45, 2.75) is 18.9 Å². The first-order chi connectivity index (χ1) is 9.29. The molecule has 2 aliphatic rings. The van der Waals surface area contributed by atoms with E-state index in [9.17, 15) is 4.79 Å². The number of piperidine rings is 1. The number of anilines is 2. The van der Waals surface area contributed by atoms with Crippen LogP contribution in [-0.4, -0.2) is 31.6 Å². The van der Waals surface area contributed by atoms with Crippen molar-refractivity contribution in [2.75, 3.05) is 29.9 Å². The number of fused-ring (bicyclic) bond motifs is 1. The summed E-state index contributed by atoms with van der Waals surface area (Å²) in [4.78, 5) is 14.1. The highest BCUT2D eigenvalue weighted by Gasteiger charge is 2.31. The Morgan fingerprint density at radius 1 is 1.32 bits per heavy atom. The molecule has 0 atom stereocenters. The topological polar surface area (TPSA) is 68.2 Å². The molecular weight excluding hydrogens is 240 g/mol. The molecule has 2 aliphatic heterocycles. The van der Waals surface area contributed by atoms with E-state index in [0.717, 1.165) is 37.3 Å². The van der Waals surface area contributed by atoms with Gasteiger partial charge < -0.3 is 15.5 Å². The standard InChI is InChI=1S/C14H16N4O/c15-8-10-1-2-13-12(7-10)17-9-14(19)18(13)11-3-5-16-6-4-11/h1-2,7,11,16-17H,3-6,9H2. The Kier molecular flexibility index (Phi) is 3.10. The van der Waals surface area contributed by atoms with Gasteiger partial charge in [0.2, 0.25) is 5.91 Å². The zero-order valence-corrected chi connectivity index (χ0v) is 10.6. The van der Waals surface area contributed by atoms with Gasteiger partial charge in [-0.05, 0) is 44.1 Å². The number of benzene rings is 1. The van der Waals surface area contributed by atoms with Gasteiger partial charge >= 0.3 is 0 Å². The number of hydrogen-bond donors (Lipinski definition) is 2. The number of nitriles is 1. The molecule has 0 saturated carbocycles. The second-order valence-corrected chi connectivity index (χ2v) is 4.94. The van der Waals surface area contributed by atoms with Crippen LogP contribution in [0.5, 0.6) is 0 Å². The summed E-state index contributed by atoms with van der Waals surface area (Å²) >= 11 is 0. The average Bonchev–Trinajstić information content (AvgIpc) is 2.47. The number of hydrogen-bond acceptors (Lipinski definition) is 4. The molecule has 1 amide bonds. The summed E-state index contributed by atoms with van der Waals surface area (Å²) in [6, 6.07) is 7.86. The van der Waals surface area contributed by atoms with E-state index in [1.54, 1.807) is 6.07 Å². The van der Waals surface area contributed by atoms with Gasteiger partial charge in [-0.1, -0.05) is 0 Å². The van der Waals surface area contributed by atoms with Gasteiger partial charge in [0.05, 0.1) is 29.6 Å². The van der Waals surface area contributed by atoms with Gasteiger partial charge in [0.25, 0.3) is 0 Å². The molecule has 1 aromatic rings. The molecule has 1 fully saturated rings. The minimum absolute atomic E-state index is 0.115. The van der Waals surface area contributed by atoms with E-state index < -0.39 is 0 Å². The fraction of sp³-hybridized carbons (Fsp3) is 0.429. The number of carbonyl (C=O) groups excluding carboxylic acids is 1. The summed E-state index contributed by atoms with van der Waals surface area (Å²) in [7, 11) is 0. The number of nitrogens with one attached hydrogen (secondary N) is 2. The third-order valence-corrected chi connectivity index (χ3v) is 3.76. The Hall–Kier alpha value is -2.06. The van der Waals surface area contributed by atoms with E-state index >= 15 is 0 Å². The third-order valence-electron chi connectivity index (χ3n) is 3.76. The highest BCUT2D eigenvalue weighted by atomic mass is 16.2. The Labute approximate surface area is 112 Å². The van der Waals surface area contributed by atoms with E-state index in [0.29, 0.717) is 12.1 Å². The largest absolute Gasteiger partial charge is 0.374 e. The molecule has 2 N–H and O–H groups in total. The number of carbonyl (C=O) groups is 1. The van der Waals surface area contributed by atoms with E-state index in [2.05, 4.69) is 16.7 Å². The summed E-state index contributed by atoms with van der Waals surface area (Å²) in [5.74, 6) is 0.115. The minimum atomic E-state index is 0.115. The SMILES string of the molecule is N#Cc1ccc2c(c1)NCC(=O)N2C1CCNCC1. The summed E-state index contributed by atoms with van der Waals surface area (Å²) in [6.07, 6.45) is 1.95. The second-order valence-electron chi connectivity index (χ2n) is 4.94. The lowest BCUT2D eigenvalue weighted by Crippen LogP contribution is -2.50. The summed E-state index contributed by atoms with van der Waals surface area (Å²) in [6.45, 7) is 2.22. The van der Waals surface area contributed by atoms with Crippen molar-refractivity contribution in [3.8, 4) is 6.07 Å². The van der Waals surface area contributed by atoms with Crippen LogP contribution >= 0.6 is 0 Å². The van der Waals surface area contributed by atoms with Gasteiger partial charge in [0, 0.05) is 6.04 Å². The van der Waals surface area contributed by atoms with Gasteiger partial charge in [-0.25, -0.2) is 0 Å². The van der Waals surface area contributed by atoms with Crippen molar-refractivity contribution in [2.24, 2.45) is 0 Å². The quantitative estimate of drug-likeness (QED) is 0.788. The predicted octanol–water partition coefficient (Wildman–Crippen LogP) is 1.07. The molecule has 0 aromatic heterocycles. The molecule has 5 heteroatoms. The first-order valence-electron chi connectivity index (χ1n) is 6.60. The van der Waals surface area contributed by atoms with Gasteiger partial charge in [-0.2, -0.15) is 5.26 Å². The maximum absolute atomic E-state index is 12.2. The zero-order chi connectivity index (χ0) is 13.2. The van der Waals surface area contributed by atoms with Crippen molar-refractivity contribution < 1.29 is 4.79 Å². The normalized spacial score (nSPS) is 19.5. The fourth-order valence-corrected chi connectivity index (χ4v) is 2.81. The van der Waals surface area contributed by atoms with E-state index in [-0.39, 0.29) is 11.9 Å². The van der Waals surface area contributed by atoms with Crippen LogP contribution in [-0.2, 0) is 4.79 Å². The molecule has 2 heterocycles. The van der Waals surface area contributed by atoms with Crippen molar-refractivity contribution >= 4 is 17.3 Å². The molecule has 98 valence electrons. The Morgan fingerprint density at radius 2 is 2.11 bits per heavy atom. The van der Waals surface area contributed by atoms with Crippen LogP contribution in [0.15, 0.2) is 18.2 Å². The lowest BCUT2D eigenvalue weighted by atomic mass is 10.0. The first-order valence-corrected chi connectivity index (χ1v) is 6.60. The van der Waals surface area contributed by atoms with Crippen LogP contribution in [0.25, 0.3) is 0 Å². The van der Waals surface area contributed by atoms with Crippen molar-refractivity contribution in [3.05, 3.63) is 23.8 Å². The van der Waals surface area contributed by atoms with E-state index in [4.69, 9.17) is 5.26 Å². The van der Waals surface area contributed by atoms with Crippen LogP contribution in [0.3, 0.4) is 0 Å². The predicted molar refractivity (Wildman–Crippen MR) is 73.0 cm³/mol. The average molecular weight is 256 g/mol. The molecule has 19 heavy (non-hydrogen) atoms. The molecule has 1 saturated heterocycles. The molecular formula is C14H16N4O. The molecule has 0 bridgehead atoms. The zero-order valence-electron chi connectivity index (χ0n) is 10.6. The van der Waals surface area contributed by atoms with Gasteiger partial charge in [0.1, 0.15) is 0 Å². The maximum atomic E-state index is 12.2. The van der Waals surface area contributed by atoms with Crippen LogP contribution in [0.1, 0.15) is 18.4 Å². The van der Waals surface area contributed by atoms with E-state index in [1.807, 2.05) is 17.0 Å². The monoisotopic (exact) mass is 256 g/mol. The molecule has 0 unspecified atom stereocenters. The fourth-order valence-electron chi connectivity index (χ4n) is 2.81. The minimum Gasteiger partial charge on any atom is -0.374 e. The highest BCUT2D eigenvalue weighted by Crippen LogP contribution is 2.33. The maximum Gasteiger partial charge on any atom is 0.246 e. The lowest BCUT2D eigenvalue weighted by molar-refractivity contribution is -0.117. The summed E-state index contributed by atoms with van der Waals surface area (Å²) < 4.78 is 0. The lowest BCUT2D eigenvalue weighted by Gasteiger charge is -2.38. The van der Waals surface area contributed by atoms with Crippen molar-refractivity contribution in [1.29, 1.82) is 5.26 Å². The smallest absolute Gasteiger partial charge is 0.246 e. The van der Waals surface area contributed by atoms with Crippen LogP contribution in [0, 0.1) is 11.3 Å². The Morgan fingerprint density at radius 3 is 2.84 bits per heavy atom. The Bertz CT molecular complexity index is 543. The molecule has 0 aliphatic carbocycles. The summed E-state index contributed by atoms with van der Waals surface area (Å²) in [5.41, 5.74) is 2.41. The summed E-state index contributed by atoms with van der Waals surface area (Å²) in [5, 5.41) is 15.4.